The van der Waals surface area contributed by atoms with Crippen LogP contribution in [0.15, 0.2) is 0 Å². The summed E-state index contributed by atoms with van der Waals surface area (Å²) >= 11 is 0. The Morgan fingerprint density at radius 2 is 2.24 bits per heavy atom. The number of carbonyl (C=O) groups excluding carboxylic acids is 1. The van der Waals surface area contributed by atoms with E-state index in [1.165, 1.54) is 19.3 Å². The highest BCUT2D eigenvalue weighted by Crippen LogP contribution is 2.73. The Kier molecular flexibility index (Phi) is 2.58. The van der Waals surface area contributed by atoms with Crippen LogP contribution >= 0.6 is 0 Å². The minimum Gasteiger partial charge on any atom is -0.449 e. The van der Waals surface area contributed by atoms with Gasteiger partial charge in [-0.25, -0.2) is 4.79 Å². The molecule has 0 aromatic carbocycles. The molecule has 0 aromatic heterocycles. The normalized spacial score (nSPS) is 43.2. The second-order valence-corrected chi connectivity index (χ2v) is 6.60. The molecule has 0 aromatic rings. The largest absolute Gasteiger partial charge is 0.449 e. The highest BCUT2D eigenvalue weighted by atomic mass is 16.5. The van der Waals surface area contributed by atoms with Crippen molar-refractivity contribution in [3.05, 3.63) is 0 Å². The molecule has 1 aliphatic heterocycles. The Morgan fingerprint density at radius 1 is 1.47 bits per heavy atom. The van der Waals surface area contributed by atoms with Gasteiger partial charge in [0.25, 0.3) is 0 Å². The molecular formula is C13H22N2O2. The number of piperidine rings is 1. The summed E-state index contributed by atoms with van der Waals surface area (Å²) in [6.45, 7) is 4.88. The highest BCUT2D eigenvalue weighted by molar-refractivity contribution is 5.67. The molecule has 1 atom stereocenters. The Balaban J connectivity index is 1.36. The Hall–Kier alpha value is -0.770. The SMILES string of the molecule is CC12CC(COC(=O)NC3CCCNC3)(C1)C2. The first-order chi connectivity index (χ1) is 8.09. The quantitative estimate of drug-likeness (QED) is 0.786. The first-order valence-corrected chi connectivity index (χ1v) is 6.73. The molecule has 1 saturated heterocycles. The van der Waals surface area contributed by atoms with Gasteiger partial charge >= 0.3 is 6.09 Å². The second kappa shape index (κ2) is 3.87. The van der Waals surface area contributed by atoms with Gasteiger partial charge in [-0.2, -0.15) is 0 Å². The summed E-state index contributed by atoms with van der Waals surface area (Å²) in [6.07, 6.45) is 5.71. The number of amides is 1. The van der Waals surface area contributed by atoms with Crippen molar-refractivity contribution in [3.8, 4) is 0 Å². The molecule has 4 heteroatoms. The third-order valence-electron chi connectivity index (χ3n) is 4.53. The number of hydrogen-bond acceptors (Lipinski definition) is 3. The monoisotopic (exact) mass is 238 g/mol. The van der Waals surface area contributed by atoms with E-state index < -0.39 is 0 Å². The smallest absolute Gasteiger partial charge is 0.407 e. The minimum absolute atomic E-state index is 0.228. The first kappa shape index (κ1) is 11.3. The van der Waals surface area contributed by atoms with Gasteiger partial charge in [0.05, 0.1) is 6.61 Å². The average Bonchev–Trinajstić information content (AvgIpc) is 2.23. The molecule has 1 amide bonds. The molecule has 0 spiro atoms. The molecule has 0 radical (unpaired) electrons. The van der Waals surface area contributed by atoms with Crippen LogP contribution in [0, 0.1) is 10.8 Å². The molecule has 4 rings (SSSR count). The summed E-state index contributed by atoms with van der Waals surface area (Å²) in [6, 6.07) is 0.252. The molecule has 3 aliphatic carbocycles. The van der Waals surface area contributed by atoms with E-state index in [1.807, 2.05) is 0 Å². The molecule has 3 saturated carbocycles. The van der Waals surface area contributed by atoms with Gasteiger partial charge in [0.2, 0.25) is 0 Å². The average molecular weight is 238 g/mol. The zero-order valence-corrected chi connectivity index (χ0v) is 10.6. The number of alkyl carbamates (subject to hydrolysis) is 1. The maximum absolute atomic E-state index is 11.6. The summed E-state index contributed by atoms with van der Waals surface area (Å²) in [4.78, 5) is 11.6. The predicted octanol–water partition coefficient (Wildman–Crippen LogP) is 1.65. The van der Waals surface area contributed by atoms with Crippen molar-refractivity contribution in [2.45, 2.75) is 45.1 Å². The fourth-order valence-corrected chi connectivity index (χ4v) is 4.12. The van der Waals surface area contributed by atoms with Gasteiger partial charge < -0.3 is 15.4 Å². The van der Waals surface area contributed by atoms with E-state index in [0.717, 1.165) is 25.9 Å². The third kappa shape index (κ3) is 2.15. The highest BCUT2D eigenvalue weighted by Gasteiger charge is 2.65. The summed E-state index contributed by atoms with van der Waals surface area (Å²) in [7, 11) is 0. The van der Waals surface area contributed by atoms with Crippen LogP contribution in [-0.2, 0) is 4.74 Å². The van der Waals surface area contributed by atoms with Gasteiger partial charge in [0, 0.05) is 18.0 Å². The van der Waals surface area contributed by atoms with Crippen molar-refractivity contribution in [1.82, 2.24) is 10.6 Å². The standard InChI is InChI=1S/C13H22N2O2/c1-12-6-13(7-12,8-12)9-17-11(16)15-10-3-2-4-14-5-10/h10,14H,2-9H2,1H3,(H,15,16). The number of carbonyl (C=O) groups is 1. The van der Waals surface area contributed by atoms with Gasteiger partial charge in [-0.1, -0.05) is 6.92 Å². The van der Waals surface area contributed by atoms with Crippen LogP contribution in [0.3, 0.4) is 0 Å². The summed E-state index contributed by atoms with van der Waals surface area (Å²) in [5, 5.41) is 6.22. The number of rotatable bonds is 3. The molecule has 2 bridgehead atoms. The van der Waals surface area contributed by atoms with Gasteiger partial charge in [-0.15, -0.1) is 0 Å². The van der Waals surface area contributed by atoms with Gasteiger partial charge in [0.15, 0.2) is 0 Å². The summed E-state index contributed by atoms with van der Waals surface area (Å²) in [5.74, 6) is 0. The number of ether oxygens (including phenoxy) is 1. The van der Waals surface area contributed by atoms with Crippen LogP contribution in [0.1, 0.15) is 39.0 Å². The maximum atomic E-state index is 11.6. The molecule has 1 unspecified atom stereocenters. The second-order valence-electron chi connectivity index (χ2n) is 6.60. The minimum atomic E-state index is -0.228. The van der Waals surface area contributed by atoms with E-state index in [9.17, 15) is 4.79 Å². The van der Waals surface area contributed by atoms with Crippen molar-refractivity contribution in [2.75, 3.05) is 19.7 Å². The van der Waals surface area contributed by atoms with Crippen molar-refractivity contribution in [2.24, 2.45) is 10.8 Å². The Morgan fingerprint density at radius 3 is 2.82 bits per heavy atom. The lowest BCUT2D eigenvalue weighted by atomic mass is 9.36. The molecule has 4 aliphatic rings. The van der Waals surface area contributed by atoms with Crippen LogP contribution in [-0.4, -0.2) is 31.8 Å². The summed E-state index contributed by atoms with van der Waals surface area (Å²) in [5.41, 5.74) is 0.948. The lowest BCUT2D eigenvalue weighted by molar-refractivity contribution is -0.211. The fraction of sp³-hybridized carbons (Fsp3) is 0.923. The van der Waals surface area contributed by atoms with Crippen molar-refractivity contribution in [3.63, 3.8) is 0 Å². The van der Waals surface area contributed by atoms with E-state index in [-0.39, 0.29) is 12.1 Å². The van der Waals surface area contributed by atoms with Gasteiger partial charge in [-0.05, 0) is 44.1 Å². The van der Waals surface area contributed by atoms with Crippen molar-refractivity contribution >= 4 is 6.09 Å². The van der Waals surface area contributed by atoms with Crippen molar-refractivity contribution in [1.29, 1.82) is 0 Å². The molecular weight excluding hydrogens is 216 g/mol. The van der Waals surface area contributed by atoms with E-state index >= 15 is 0 Å². The van der Waals surface area contributed by atoms with E-state index in [2.05, 4.69) is 17.6 Å². The third-order valence-corrected chi connectivity index (χ3v) is 4.53. The molecule has 96 valence electrons. The first-order valence-electron chi connectivity index (χ1n) is 6.73. The van der Waals surface area contributed by atoms with E-state index in [4.69, 9.17) is 4.74 Å². The zero-order chi connectivity index (χ0) is 11.9. The van der Waals surface area contributed by atoms with Crippen LogP contribution in [0.4, 0.5) is 4.79 Å². The number of nitrogens with one attached hydrogen (secondary N) is 2. The maximum Gasteiger partial charge on any atom is 0.407 e. The van der Waals surface area contributed by atoms with Crippen LogP contribution in [0.2, 0.25) is 0 Å². The fourth-order valence-electron chi connectivity index (χ4n) is 4.12. The van der Waals surface area contributed by atoms with E-state index in [0.29, 0.717) is 17.4 Å². The van der Waals surface area contributed by atoms with Crippen LogP contribution < -0.4 is 10.6 Å². The van der Waals surface area contributed by atoms with Crippen LogP contribution in [0.25, 0.3) is 0 Å². The molecule has 4 fully saturated rings. The topological polar surface area (TPSA) is 50.4 Å². The molecule has 2 N–H and O–H groups in total. The zero-order valence-electron chi connectivity index (χ0n) is 10.6. The van der Waals surface area contributed by atoms with Gasteiger partial charge in [0.1, 0.15) is 0 Å². The summed E-state index contributed by atoms with van der Waals surface area (Å²) < 4.78 is 5.36. The molecule has 17 heavy (non-hydrogen) atoms. The predicted molar refractivity (Wildman–Crippen MR) is 64.8 cm³/mol. The Labute approximate surface area is 102 Å². The number of hydrogen-bond donors (Lipinski definition) is 2. The Bertz CT molecular complexity index is 304. The molecule has 1 heterocycles. The van der Waals surface area contributed by atoms with Gasteiger partial charge in [-0.3, -0.25) is 0 Å². The molecule has 4 nitrogen and oxygen atoms in total. The van der Waals surface area contributed by atoms with Crippen LogP contribution in [0.5, 0.6) is 0 Å². The van der Waals surface area contributed by atoms with Crippen molar-refractivity contribution < 1.29 is 9.53 Å². The lowest BCUT2D eigenvalue weighted by Crippen LogP contribution is -2.62. The van der Waals surface area contributed by atoms with E-state index in [1.54, 1.807) is 0 Å². The lowest BCUT2D eigenvalue weighted by Gasteiger charge is -2.69.